The Hall–Kier alpha value is -2.48. The van der Waals surface area contributed by atoms with Crippen LogP contribution < -0.4 is 9.47 Å². The summed E-state index contributed by atoms with van der Waals surface area (Å²) in [6.07, 6.45) is 4.89. The first-order valence-corrected chi connectivity index (χ1v) is 11.8. The van der Waals surface area contributed by atoms with Gasteiger partial charge in [0.15, 0.2) is 17.2 Å². The molecule has 1 aliphatic carbocycles. The van der Waals surface area contributed by atoms with Gasteiger partial charge >= 0.3 is 11.9 Å². The SMILES string of the molecule is CCC(CC)[C@@H](OCC1CC1)[C@H](C)OC(=O)[C@H](C)CC(=O)c1nccc(OC)c1OC(C)=O. The van der Waals surface area contributed by atoms with Crippen molar-refractivity contribution in [3.05, 3.63) is 18.0 Å². The van der Waals surface area contributed by atoms with E-state index in [4.69, 9.17) is 18.9 Å². The predicted molar refractivity (Wildman–Crippen MR) is 122 cm³/mol. The van der Waals surface area contributed by atoms with Gasteiger partial charge in [-0.3, -0.25) is 14.4 Å². The van der Waals surface area contributed by atoms with E-state index in [1.54, 1.807) is 6.92 Å². The van der Waals surface area contributed by atoms with Gasteiger partial charge < -0.3 is 18.9 Å². The lowest BCUT2D eigenvalue weighted by atomic mass is 9.93. The van der Waals surface area contributed by atoms with Crippen molar-refractivity contribution < 1.29 is 33.3 Å². The first-order chi connectivity index (χ1) is 15.7. The molecule has 184 valence electrons. The molecule has 33 heavy (non-hydrogen) atoms. The molecule has 1 aliphatic rings. The molecular weight excluding hydrogens is 426 g/mol. The Labute approximate surface area is 196 Å². The average Bonchev–Trinajstić information content (AvgIpc) is 3.60. The Bertz CT molecular complexity index is 817. The number of Topliss-reactive ketones (excluding diaryl/α,β-unsaturated/α-hetero) is 1. The van der Waals surface area contributed by atoms with Crippen LogP contribution in [-0.4, -0.2) is 48.6 Å². The molecule has 0 amide bonds. The topological polar surface area (TPSA) is 101 Å². The van der Waals surface area contributed by atoms with Crippen LogP contribution in [0.1, 0.15) is 77.2 Å². The van der Waals surface area contributed by atoms with Gasteiger partial charge in [-0.25, -0.2) is 4.98 Å². The highest BCUT2D eigenvalue weighted by Crippen LogP contribution is 2.32. The fraction of sp³-hybridized carbons (Fsp3) is 0.680. The number of carbonyl (C=O) groups excluding carboxylic acids is 3. The fourth-order valence-corrected chi connectivity index (χ4v) is 3.80. The standard InChI is InChI=1S/C25H37NO7/c1-7-19(8-2)23(31-14-18-9-10-18)16(4)32-25(29)15(3)13-20(28)22-24(33-17(5)27)21(30-6)11-12-26-22/h11-12,15-16,18-19,23H,7-10,13-14H2,1-6H3/t15-,16+,23+/m1/s1. The summed E-state index contributed by atoms with van der Waals surface area (Å²) in [7, 11) is 1.40. The predicted octanol–water partition coefficient (Wildman–Crippen LogP) is 4.39. The van der Waals surface area contributed by atoms with E-state index in [9.17, 15) is 14.4 Å². The van der Waals surface area contributed by atoms with Crippen LogP contribution >= 0.6 is 0 Å². The minimum atomic E-state index is -0.705. The molecule has 3 atom stereocenters. The molecule has 1 fully saturated rings. The number of rotatable bonds is 14. The van der Waals surface area contributed by atoms with Gasteiger partial charge in [0.1, 0.15) is 6.10 Å². The molecular formula is C25H37NO7. The lowest BCUT2D eigenvalue weighted by molar-refractivity contribution is -0.164. The van der Waals surface area contributed by atoms with Crippen molar-refractivity contribution in [2.75, 3.05) is 13.7 Å². The van der Waals surface area contributed by atoms with E-state index in [2.05, 4.69) is 18.8 Å². The Kier molecular flexibility index (Phi) is 10.3. The average molecular weight is 464 g/mol. The zero-order chi connectivity index (χ0) is 24.5. The van der Waals surface area contributed by atoms with Crippen molar-refractivity contribution >= 4 is 17.7 Å². The third-order valence-corrected chi connectivity index (χ3v) is 5.99. The van der Waals surface area contributed by atoms with Crippen molar-refractivity contribution in [3.63, 3.8) is 0 Å². The molecule has 1 aromatic heterocycles. The van der Waals surface area contributed by atoms with E-state index in [-0.39, 0.29) is 35.6 Å². The first kappa shape index (κ1) is 26.8. The number of ketones is 1. The van der Waals surface area contributed by atoms with Crippen molar-refractivity contribution in [1.82, 2.24) is 4.98 Å². The second kappa shape index (κ2) is 12.7. The van der Waals surface area contributed by atoms with Crippen molar-refractivity contribution in [1.29, 1.82) is 0 Å². The second-order valence-corrected chi connectivity index (χ2v) is 8.77. The lowest BCUT2D eigenvalue weighted by Crippen LogP contribution is -2.38. The highest BCUT2D eigenvalue weighted by Gasteiger charge is 2.33. The second-order valence-electron chi connectivity index (χ2n) is 8.77. The number of aromatic nitrogens is 1. The molecule has 2 rings (SSSR count). The van der Waals surface area contributed by atoms with Gasteiger partial charge in [-0.2, -0.15) is 0 Å². The maximum Gasteiger partial charge on any atom is 0.309 e. The van der Waals surface area contributed by atoms with Gasteiger partial charge in [-0.15, -0.1) is 0 Å². The number of ether oxygens (including phenoxy) is 4. The van der Waals surface area contributed by atoms with E-state index >= 15 is 0 Å². The quantitative estimate of drug-likeness (QED) is 0.296. The maximum absolute atomic E-state index is 12.9. The largest absolute Gasteiger partial charge is 0.493 e. The molecule has 0 saturated heterocycles. The van der Waals surface area contributed by atoms with Crippen molar-refractivity contribution in [2.45, 2.75) is 78.9 Å². The third-order valence-electron chi connectivity index (χ3n) is 5.99. The monoisotopic (exact) mass is 463 g/mol. The summed E-state index contributed by atoms with van der Waals surface area (Å²) in [6.45, 7) is 9.63. The van der Waals surface area contributed by atoms with Gasteiger partial charge in [0.25, 0.3) is 0 Å². The summed E-state index contributed by atoms with van der Waals surface area (Å²) in [5.41, 5.74) is -0.0556. The van der Waals surface area contributed by atoms with Crippen LogP contribution in [0, 0.1) is 17.8 Å². The molecule has 0 spiro atoms. The molecule has 1 heterocycles. The van der Waals surface area contributed by atoms with Crippen molar-refractivity contribution in [3.8, 4) is 11.5 Å². The van der Waals surface area contributed by atoms with E-state index in [1.807, 2.05) is 6.92 Å². The number of pyridine rings is 1. The molecule has 0 unspecified atom stereocenters. The minimum absolute atomic E-state index is 0.0475. The van der Waals surface area contributed by atoms with Crippen LogP contribution in [-0.2, 0) is 19.1 Å². The number of hydrogen-bond acceptors (Lipinski definition) is 8. The molecule has 8 nitrogen and oxygen atoms in total. The van der Waals surface area contributed by atoms with E-state index in [0.717, 1.165) is 12.8 Å². The summed E-state index contributed by atoms with van der Waals surface area (Å²) >= 11 is 0. The van der Waals surface area contributed by atoms with E-state index in [1.165, 1.54) is 39.1 Å². The zero-order valence-electron chi connectivity index (χ0n) is 20.6. The normalized spacial score (nSPS) is 16.1. The van der Waals surface area contributed by atoms with E-state index < -0.39 is 29.7 Å². The molecule has 0 radical (unpaired) electrons. The van der Waals surface area contributed by atoms with Crippen molar-refractivity contribution in [2.24, 2.45) is 17.8 Å². The first-order valence-electron chi connectivity index (χ1n) is 11.8. The van der Waals surface area contributed by atoms with Gasteiger partial charge in [0, 0.05) is 32.2 Å². The number of hydrogen-bond donors (Lipinski definition) is 0. The van der Waals surface area contributed by atoms with Crippen LogP contribution in [0.3, 0.4) is 0 Å². The number of nitrogens with zero attached hydrogens (tertiary/aromatic N) is 1. The fourth-order valence-electron chi connectivity index (χ4n) is 3.80. The highest BCUT2D eigenvalue weighted by molar-refractivity contribution is 5.99. The summed E-state index contributed by atoms with van der Waals surface area (Å²) in [4.78, 5) is 41.2. The molecule has 0 aromatic carbocycles. The molecule has 0 N–H and O–H groups in total. The van der Waals surface area contributed by atoms with Crippen LogP contribution in [0.4, 0.5) is 0 Å². The Balaban J connectivity index is 2.05. The molecule has 1 saturated carbocycles. The molecule has 0 bridgehead atoms. The summed E-state index contributed by atoms with van der Waals surface area (Å²) in [5.74, 6) is -1.15. The zero-order valence-corrected chi connectivity index (χ0v) is 20.6. The molecule has 1 aromatic rings. The van der Waals surface area contributed by atoms with Gasteiger partial charge in [-0.05, 0) is 31.6 Å². The highest BCUT2D eigenvalue weighted by atomic mass is 16.6. The van der Waals surface area contributed by atoms with Gasteiger partial charge in [0.05, 0.1) is 19.1 Å². The maximum atomic E-state index is 12.9. The summed E-state index contributed by atoms with van der Waals surface area (Å²) < 4.78 is 22.2. The minimum Gasteiger partial charge on any atom is -0.493 e. The molecule has 8 heteroatoms. The Morgan fingerprint density at radius 1 is 1.15 bits per heavy atom. The Morgan fingerprint density at radius 2 is 1.82 bits per heavy atom. The molecule has 0 aliphatic heterocycles. The van der Waals surface area contributed by atoms with Crippen LogP contribution in [0.15, 0.2) is 12.3 Å². The smallest absolute Gasteiger partial charge is 0.309 e. The summed E-state index contributed by atoms with van der Waals surface area (Å²) in [6, 6.07) is 1.49. The summed E-state index contributed by atoms with van der Waals surface area (Å²) in [5, 5.41) is 0. The Morgan fingerprint density at radius 3 is 2.36 bits per heavy atom. The van der Waals surface area contributed by atoms with Gasteiger partial charge in [-0.1, -0.05) is 33.6 Å². The van der Waals surface area contributed by atoms with Crippen LogP contribution in [0.25, 0.3) is 0 Å². The van der Waals surface area contributed by atoms with Gasteiger partial charge in [0.2, 0.25) is 5.75 Å². The number of carbonyl (C=O) groups is 3. The number of esters is 2. The van der Waals surface area contributed by atoms with Crippen LogP contribution in [0.5, 0.6) is 11.5 Å². The van der Waals surface area contributed by atoms with Crippen LogP contribution in [0.2, 0.25) is 0 Å². The van der Waals surface area contributed by atoms with E-state index in [0.29, 0.717) is 12.5 Å². The third kappa shape index (κ3) is 7.81. The number of methoxy groups -OCH3 is 1. The lowest BCUT2D eigenvalue weighted by Gasteiger charge is -2.31.